The molecule has 98 heavy (non-hydrogen) atoms. The molecule has 12 amide bonds. The van der Waals surface area contributed by atoms with Gasteiger partial charge in [0.15, 0.2) is 5.96 Å². The van der Waals surface area contributed by atoms with Crippen LogP contribution in [-0.4, -0.2) is 177 Å². The Bertz CT molecular complexity index is 3790. The molecule has 0 aliphatic heterocycles. The number of benzene rings is 4. The second kappa shape index (κ2) is 37.2. The fraction of sp³-hybridized carbons (Fsp3) is 0.379. The first-order valence-corrected chi connectivity index (χ1v) is 31.6. The number of carbonyl (C=O) groups is 12. The Balaban J connectivity index is 1.17. The second-order valence-electron chi connectivity index (χ2n) is 23.9. The van der Waals surface area contributed by atoms with Crippen LogP contribution >= 0.6 is 0 Å². The minimum atomic E-state index is -1.95. The quantitative estimate of drug-likeness (QED) is 0.00998. The number of aromatic nitrogens is 2. The van der Waals surface area contributed by atoms with E-state index in [0.717, 1.165) is 10.9 Å². The first-order valence-electron chi connectivity index (χ1n) is 31.6. The number of aliphatic hydroxyl groups is 2. The molecule has 0 aliphatic carbocycles. The van der Waals surface area contributed by atoms with Crippen molar-refractivity contribution < 1.29 is 67.7 Å². The fourth-order valence-corrected chi connectivity index (χ4v) is 10.7. The van der Waals surface area contributed by atoms with E-state index in [4.69, 9.17) is 34.1 Å². The number of rotatable bonds is 39. The lowest BCUT2D eigenvalue weighted by Crippen LogP contribution is -2.62. The van der Waals surface area contributed by atoms with Crippen LogP contribution in [-0.2, 0) is 83.2 Å². The average molecular weight is 1360 g/mol. The molecule has 25 N–H and O–H groups in total. The summed E-state index contributed by atoms with van der Waals surface area (Å²) in [5.74, 6) is -13.1. The van der Waals surface area contributed by atoms with E-state index >= 15 is 0 Å². The van der Waals surface area contributed by atoms with Crippen LogP contribution in [0.4, 0.5) is 0 Å². The van der Waals surface area contributed by atoms with E-state index in [1.54, 1.807) is 117 Å². The van der Waals surface area contributed by atoms with E-state index in [-0.39, 0.29) is 63.4 Å². The third kappa shape index (κ3) is 23.3. The van der Waals surface area contributed by atoms with E-state index < -0.39 is 157 Å². The largest absolute Gasteiger partial charge is 0.394 e. The summed E-state index contributed by atoms with van der Waals surface area (Å²) in [6.07, 6.45) is 1.03. The molecular weight excluding hydrogens is 1270 g/mol. The molecule has 32 nitrogen and oxygen atoms in total. The van der Waals surface area contributed by atoms with Crippen LogP contribution in [0.2, 0.25) is 0 Å². The van der Waals surface area contributed by atoms with Crippen LogP contribution in [0.3, 0.4) is 0 Å². The van der Waals surface area contributed by atoms with Gasteiger partial charge in [0.05, 0.1) is 32.1 Å². The molecule has 0 unspecified atom stereocenters. The molecule has 0 spiro atoms. The minimum absolute atomic E-state index is 0.00702. The van der Waals surface area contributed by atoms with Gasteiger partial charge in [0, 0.05) is 60.0 Å². The maximum Gasteiger partial charge on any atom is 0.245 e. The Kier molecular flexibility index (Phi) is 28.7. The maximum absolute atomic E-state index is 14.6. The summed E-state index contributed by atoms with van der Waals surface area (Å²) >= 11 is 0. The standard InChI is InChI=1S/C66H86N18O14/c1-35(2)24-47(59(92)76-45(22-13-23-73-66(71)72)58(91)77-46(56(70)89)25-36-14-5-3-6-15-36)79-64(97)52(33-85)83-60(93)48(26-37-16-7-4-8-17-37)80-65(98)53(34-86)84-63(96)51(30-55(69)88)82-61(94)49(28-39-32-75-44-21-12-10-19-41(39)44)81-62(95)50(29-54(68)87)78-57(90)42(67)27-38-31-74-43-20-11-9-18-40(38)43/h3-12,14-21,31-32,35,42,45-53,74-75,85-86H,13,22-30,33-34,67H2,1-2H3,(H2,68,87)(H2,69,88)(H2,70,89)(H,76,92)(H,77,91)(H,78,90)(H,79,97)(H,80,98)(H,81,95)(H,82,94)(H,83,93)(H,84,96)(H4,71,72,73)/t42-,45-,46-,47-,48-,49-,50-,51-,52-,53-/m0/s1. The van der Waals surface area contributed by atoms with Gasteiger partial charge in [0.2, 0.25) is 70.9 Å². The minimum Gasteiger partial charge on any atom is -0.394 e. The van der Waals surface area contributed by atoms with Gasteiger partial charge in [0.25, 0.3) is 0 Å². The van der Waals surface area contributed by atoms with Gasteiger partial charge in [-0.2, -0.15) is 0 Å². The number of carbonyl (C=O) groups excluding carboxylic acids is 12. The Labute approximate surface area is 563 Å². The Morgan fingerprint density at radius 1 is 0.429 bits per heavy atom. The van der Waals surface area contributed by atoms with Crippen LogP contribution < -0.4 is 81.8 Å². The van der Waals surface area contributed by atoms with E-state index in [1.165, 1.54) is 0 Å². The van der Waals surface area contributed by atoms with Crippen LogP contribution in [0.25, 0.3) is 21.8 Å². The zero-order valence-corrected chi connectivity index (χ0v) is 54.1. The van der Waals surface area contributed by atoms with Crippen molar-refractivity contribution in [2.24, 2.45) is 34.6 Å². The van der Waals surface area contributed by atoms with Crippen LogP contribution in [0.15, 0.2) is 122 Å². The van der Waals surface area contributed by atoms with Crippen LogP contribution in [0.1, 0.15) is 68.2 Å². The van der Waals surface area contributed by atoms with Crippen molar-refractivity contribution >= 4 is 98.7 Å². The molecular formula is C66H86N18O14. The van der Waals surface area contributed by atoms with E-state index in [0.29, 0.717) is 33.2 Å². The number of guanidine groups is 1. The van der Waals surface area contributed by atoms with Gasteiger partial charge in [-0.25, -0.2) is 0 Å². The molecule has 524 valence electrons. The molecule has 6 aromatic rings. The summed E-state index contributed by atoms with van der Waals surface area (Å²) in [6, 6.07) is 15.1. The maximum atomic E-state index is 14.6. The third-order valence-corrected chi connectivity index (χ3v) is 15.7. The van der Waals surface area contributed by atoms with Crippen molar-refractivity contribution in [1.82, 2.24) is 63.1 Å². The summed E-state index contributed by atoms with van der Waals surface area (Å²) in [7, 11) is 0. The molecule has 0 bridgehead atoms. The van der Waals surface area contributed by atoms with Crippen molar-refractivity contribution in [3.05, 3.63) is 144 Å². The second-order valence-corrected chi connectivity index (χ2v) is 23.9. The molecule has 4 aromatic carbocycles. The van der Waals surface area contributed by atoms with Crippen LogP contribution in [0, 0.1) is 11.3 Å². The number of nitrogens with two attached hydrogens (primary N) is 5. The molecule has 10 atom stereocenters. The van der Waals surface area contributed by atoms with E-state index in [9.17, 15) is 67.7 Å². The summed E-state index contributed by atoms with van der Waals surface area (Å²) in [5.41, 5.74) is 32.2. The number of nitrogens with one attached hydrogen (secondary N) is 13. The number of hydrogen-bond acceptors (Lipinski definition) is 16. The lowest BCUT2D eigenvalue weighted by Gasteiger charge is -2.28. The summed E-state index contributed by atoms with van der Waals surface area (Å²) < 4.78 is 0. The topological polar surface area (TPSA) is 551 Å². The molecule has 2 heterocycles. The lowest BCUT2D eigenvalue weighted by atomic mass is 10.0. The van der Waals surface area contributed by atoms with Gasteiger partial charge < -0.3 is 102 Å². The highest BCUT2D eigenvalue weighted by Gasteiger charge is 2.37. The van der Waals surface area contributed by atoms with Crippen LogP contribution in [0.5, 0.6) is 0 Å². The number of fused-ring (bicyclic) bond motifs is 2. The van der Waals surface area contributed by atoms with Gasteiger partial charge in [-0.05, 0) is 66.0 Å². The monoisotopic (exact) mass is 1350 g/mol. The fourth-order valence-electron chi connectivity index (χ4n) is 10.7. The molecule has 0 fully saturated rings. The predicted molar refractivity (Wildman–Crippen MR) is 359 cm³/mol. The molecule has 0 aliphatic rings. The zero-order chi connectivity index (χ0) is 71.6. The van der Waals surface area contributed by atoms with Gasteiger partial charge in [-0.3, -0.25) is 62.9 Å². The molecule has 0 saturated heterocycles. The molecule has 2 aromatic heterocycles. The van der Waals surface area contributed by atoms with Gasteiger partial charge in [0.1, 0.15) is 54.4 Å². The molecule has 0 saturated carbocycles. The number of hydrogen-bond donors (Lipinski definition) is 20. The molecule has 0 radical (unpaired) electrons. The van der Waals surface area contributed by atoms with Gasteiger partial charge >= 0.3 is 0 Å². The number of amides is 12. The third-order valence-electron chi connectivity index (χ3n) is 15.7. The van der Waals surface area contributed by atoms with Crippen molar-refractivity contribution in [1.29, 1.82) is 5.41 Å². The van der Waals surface area contributed by atoms with E-state index in [1.807, 2.05) is 18.2 Å². The number of para-hydroxylation sites is 2. The first kappa shape index (κ1) is 75.8. The van der Waals surface area contributed by atoms with Crippen molar-refractivity contribution in [3.8, 4) is 0 Å². The first-order chi connectivity index (χ1) is 46.7. The molecule has 6 rings (SSSR count). The average Bonchev–Trinajstić information content (AvgIpc) is 1.62. The number of H-pyrrole nitrogens is 2. The van der Waals surface area contributed by atoms with Gasteiger partial charge in [-0.15, -0.1) is 0 Å². The van der Waals surface area contributed by atoms with Crippen molar-refractivity contribution in [2.75, 3.05) is 19.8 Å². The number of aromatic amines is 2. The lowest BCUT2D eigenvalue weighted by molar-refractivity contribution is -0.137. The summed E-state index contributed by atoms with van der Waals surface area (Å²) in [5, 5.41) is 54.9. The number of primary amides is 3. The summed E-state index contributed by atoms with van der Waals surface area (Å²) in [4.78, 5) is 171. The highest BCUT2D eigenvalue weighted by Crippen LogP contribution is 2.21. The Hall–Kier alpha value is -11.3. The SMILES string of the molecule is CC(C)C[C@H](NC(=O)[C@H](CO)NC(=O)[C@H](Cc1ccccc1)NC(=O)[C@H](CO)NC(=O)[C@H](CC(N)=O)NC(=O)[C@H](Cc1c[nH]c2ccccc12)NC(=O)[C@H](CC(N)=O)NC(=O)[C@@H](N)Cc1c[nH]c2ccccc12)C(=O)N[C@@H](CCCNC(=N)N)C(=O)N[C@@H](Cc1ccccc1)C(N)=O. The normalized spacial score (nSPS) is 14.2. The summed E-state index contributed by atoms with van der Waals surface area (Å²) in [6.45, 7) is 1.35. The highest BCUT2D eigenvalue weighted by atomic mass is 16.3. The molecule has 32 heteroatoms. The Morgan fingerprint density at radius 3 is 1.24 bits per heavy atom. The number of aliphatic hydroxyl groups excluding tert-OH is 2. The van der Waals surface area contributed by atoms with Crippen molar-refractivity contribution in [3.63, 3.8) is 0 Å². The van der Waals surface area contributed by atoms with E-state index in [2.05, 4.69) is 63.1 Å². The van der Waals surface area contributed by atoms with Gasteiger partial charge in [-0.1, -0.05) is 111 Å². The zero-order valence-electron chi connectivity index (χ0n) is 54.1. The predicted octanol–water partition coefficient (Wildman–Crippen LogP) is -3.86. The smallest absolute Gasteiger partial charge is 0.245 e. The highest BCUT2D eigenvalue weighted by molar-refractivity contribution is 6.01. The van der Waals surface area contributed by atoms with Crippen molar-refractivity contribution in [2.45, 2.75) is 132 Å². The Morgan fingerprint density at radius 2 is 0.786 bits per heavy atom.